The van der Waals surface area contributed by atoms with Crippen LogP contribution >= 0.6 is 23.2 Å². The molecule has 0 amide bonds. The number of nitro benzene ring substituents is 1. The molecular formula is C13H6Cl2FN2O3-. The maximum atomic E-state index is 12.9. The molecule has 0 aliphatic heterocycles. The molecule has 2 aromatic carbocycles. The maximum Gasteiger partial charge on any atom is 0.263 e. The average molecular weight is 328 g/mol. The first kappa shape index (κ1) is 15.2. The molecule has 0 saturated heterocycles. The summed E-state index contributed by atoms with van der Waals surface area (Å²) in [4.78, 5) is 13.8. The molecule has 0 fully saturated rings. The van der Waals surface area contributed by atoms with E-state index in [1.54, 1.807) is 0 Å². The van der Waals surface area contributed by atoms with E-state index in [4.69, 9.17) is 23.2 Å². The minimum atomic E-state index is -0.823. The molecule has 0 heterocycles. The summed E-state index contributed by atoms with van der Waals surface area (Å²) in [6.45, 7) is 0. The van der Waals surface area contributed by atoms with Crippen LogP contribution in [0.2, 0.25) is 10.0 Å². The van der Waals surface area contributed by atoms with Crippen molar-refractivity contribution in [3.8, 4) is 5.75 Å². The molecule has 5 nitrogen and oxygen atoms in total. The van der Waals surface area contributed by atoms with E-state index in [1.807, 2.05) is 0 Å². The van der Waals surface area contributed by atoms with E-state index < -0.39 is 22.2 Å². The summed E-state index contributed by atoms with van der Waals surface area (Å²) in [6, 6.07) is 5.74. The van der Waals surface area contributed by atoms with E-state index >= 15 is 0 Å². The number of rotatable bonds is 3. The van der Waals surface area contributed by atoms with E-state index in [9.17, 15) is 19.6 Å². The molecule has 8 heteroatoms. The Morgan fingerprint density at radius 3 is 2.57 bits per heavy atom. The monoisotopic (exact) mass is 327 g/mol. The smallest absolute Gasteiger partial charge is 0.263 e. The third-order valence-electron chi connectivity index (χ3n) is 2.51. The molecule has 0 aliphatic carbocycles. The lowest BCUT2D eigenvalue weighted by molar-refractivity contribution is -0.398. The molecule has 0 aromatic heterocycles. The number of nitrogens with zero attached hydrogens (tertiary/aromatic N) is 2. The summed E-state index contributed by atoms with van der Waals surface area (Å²) < 4.78 is 12.9. The summed E-state index contributed by atoms with van der Waals surface area (Å²) in [5.41, 5.74) is -0.483. The highest BCUT2D eigenvalue weighted by Gasteiger charge is 2.11. The van der Waals surface area contributed by atoms with Crippen LogP contribution in [-0.4, -0.2) is 11.1 Å². The number of benzene rings is 2. The molecule has 0 unspecified atom stereocenters. The number of aliphatic imine (C=N–C) groups is 1. The van der Waals surface area contributed by atoms with Crippen molar-refractivity contribution in [3.05, 3.63) is 61.9 Å². The van der Waals surface area contributed by atoms with Gasteiger partial charge in [0.05, 0.1) is 15.6 Å². The van der Waals surface area contributed by atoms with Crippen LogP contribution in [0.4, 0.5) is 15.8 Å². The van der Waals surface area contributed by atoms with Crippen LogP contribution in [0.1, 0.15) is 5.56 Å². The normalized spacial score (nSPS) is 11.0. The lowest BCUT2D eigenvalue weighted by Gasteiger charge is -2.10. The van der Waals surface area contributed by atoms with Crippen molar-refractivity contribution in [3.63, 3.8) is 0 Å². The lowest BCUT2D eigenvalue weighted by Crippen LogP contribution is -2.02. The minimum Gasteiger partial charge on any atom is -0.867 e. The zero-order valence-corrected chi connectivity index (χ0v) is 11.7. The van der Waals surface area contributed by atoms with Crippen LogP contribution in [0.15, 0.2) is 35.3 Å². The Balaban J connectivity index is 2.43. The number of nitro groups is 1. The van der Waals surface area contributed by atoms with Crippen molar-refractivity contribution in [1.82, 2.24) is 0 Å². The third-order valence-corrected chi connectivity index (χ3v) is 3.03. The Morgan fingerprint density at radius 1 is 1.24 bits per heavy atom. The van der Waals surface area contributed by atoms with Crippen molar-refractivity contribution in [2.75, 3.05) is 0 Å². The van der Waals surface area contributed by atoms with Gasteiger partial charge in [0.15, 0.2) is 0 Å². The highest BCUT2D eigenvalue weighted by molar-refractivity contribution is 6.33. The Hall–Kier alpha value is -2.18. The van der Waals surface area contributed by atoms with Gasteiger partial charge in [0, 0.05) is 17.3 Å². The largest absolute Gasteiger partial charge is 0.867 e. The standard InChI is InChI=1S/C13H7Cl2FN2O3/c14-8-3-7(13(19)12(4-8)18(20)21)6-17-11-2-1-9(16)5-10(11)15/h1-6,19H/p-1. The van der Waals surface area contributed by atoms with Gasteiger partial charge in [-0.3, -0.25) is 15.1 Å². The highest BCUT2D eigenvalue weighted by atomic mass is 35.5. The fourth-order valence-corrected chi connectivity index (χ4v) is 1.99. The average Bonchev–Trinajstić information content (AvgIpc) is 2.40. The lowest BCUT2D eigenvalue weighted by atomic mass is 10.2. The summed E-state index contributed by atoms with van der Waals surface area (Å²) in [5.74, 6) is -1.34. The van der Waals surface area contributed by atoms with Gasteiger partial charge in [-0.25, -0.2) is 4.39 Å². The second-order valence-electron chi connectivity index (χ2n) is 3.95. The van der Waals surface area contributed by atoms with Crippen molar-refractivity contribution < 1.29 is 14.4 Å². The Morgan fingerprint density at radius 2 is 1.95 bits per heavy atom. The van der Waals surface area contributed by atoms with Gasteiger partial charge < -0.3 is 5.11 Å². The Bertz CT molecular complexity index is 750. The molecular weight excluding hydrogens is 322 g/mol. The van der Waals surface area contributed by atoms with E-state index in [2.05, 4.69) is 4.99 Å². The predicted octanol–water partition coefficient (Wildman–Crippen LogP) is 3.86. The second-order valence-corrected chi connectivity index (χ2v) is 4.80. The van der Waals surface area contributed by atoms with Gasteiger partial charge in [-0.1, -0.05) is 23.2 Å². The summed E-state index contributed by atoms with van der Waals surface area (Å²) in [7, 11) is 0. The molecule has 108 valence electrons. The fraction of sp³-hybridized carbons (Fsp3) is 0. The van der Waals surface area contributed by atoms with E-state index in [1.165, 1.54) is 12.1 Å². The van der Waals surface area contributed by atoms with Gasteiger partial charge >= 0.3 is 0 Å². The quantitative estimate of drug-likeness (QED) is 0.487. The van der Waals surface area contributed by atoms with Crippen LogP contribution in [0, 0.1) is 15.9 Å². The molecule has 0 aliphatic rings. The van der Waals surface area contributed by atoms with Gasteiger partial charge in [0.25, 0.3) is 5.69 Å². The van der Waals surface area contributed by atoms with Crippen LogP contribution in [0.5, 0.6) is 5.75 Å². The Labute approximate surface area is 128 Å². The van der Waals surface area contributed by atoms with Crippen LogP contribution in [0.25, 0.3) is 0 Å². The zero-order valence-electron chi connectivity index (χ0n) is 10.2. The van der Waals surface area contributed by atoms with Gasteiger partial charge in [-0.05, 0) is 35.6 Å². The van der Waals surface area contributed by atoms with E-state index in [-0.39, 0.29) is 21.3 Å². The van der Waals surface area contributed by atoms with Crippen LogP contribution in [0.3, 0.4) is 0 Å². The zero-order chi connectivity index (χ0) is 15.6. The molecule has 21 heavy (non-hydrogen) atoms. The molecule has 0 spiro atoms. The van der Waals surface area contributed by atoms with Gasteiger partial charge in [-0.15, -0.1) is 0 Å². The van der Waals surface area contributed by atoms with Crippen molar-refractivity contribution in [2.24, 2.45) is 4.99 Å². The fourth-order valence-electron chi connectivity index (χ4n) is 1.56. The number of hydrogen-bond donors (Lipinski definition) is 0. The SMILES string of the molecule is O=[N+]([O-])c1cc(Cl)cc(C=Nc2ccc(F)cc2Cl)c1[O-]. The minimum absolute atomic E-state index is 0.0351. The predicted molar refractivity (Wildman–Crippen MR) is 76.2 cm³/mol. The summed E-state index contributed by atoms with van der Waals surface area (Å²) >= 11 is 11.5. The first-order valence-corrected chi connectivity index (χ1v) is 6.28. The first-order chi connectivity index (χ1) is 9.88. The van der Waals surface area contributed by atoms with Crippen LogP contribution < -0.4 is 5.11 Å². The summed E-state index contributed by atoms with van der Waals surface area (Å²) in [5, 5.41) is 22.7. The Kier molecular flexibility index (Phi) is 4.40. The van der Waals surface area contributed by atoms with Gasteiger partial charge in [-0.2, -0.15) is 0 Å². The number of hydrogen-bond acceptors (Lipinski definition) is 4. The van der Waals surface area contributed by atoms with Crippen LogP contribution in [-0.2, 0) is 0 Å². The number of halogens is 3. The molecule has 2 rings (SSSR count). The van der Waals surface area contributed by atoms with E-state index in [0.29, 0.717) is 0 Å². The molecule has 0 radical (unpaired) electrons. The van der Waals surface area contributed by atoms with Crippen molar-refractivity contribution in [2.45, 2.75) is 0 Å². The molecule has 0 N–H and O–H groups in total. The highest BCUT2D eigenvalue weighted by Crippen LogP contribution is 2.31. The topological polar surface area (TPSA) is 78.6 Å². The molecule has 0 atom stereocenters. The molecule has 0 bridgehead atoms. The van der Waals surface area contributed by atoms with E-state index in [0.717, 1.165) is 24.4 Å². The molecule has 0 saturated carbocycles. The van der Waals surface area contributed by atoms with Crippen molar-refractivity contribution in [1.29, 1.82) is 0 Å². The first-order valence-electron chi connectivity index (χ1n) is 5.52. The van der Waals surface area contributed by atoms with Gasteiger partial charge in [0.1, 0.15) is 5.82 Å². The molecule has 2 aromatic rings. The maximum absolute atomic E-state index is 12.9. The van der Waals surface area contributed by atoms with Crippen molar-refractivity contribution >= 4 is 40.8 Å². The third kappa shape index (κ3) is 3.48. The van der Waals surface area contributed by atoms with Gasteiger partial charge in [0.2, 0.25) is 0 Å². The summed E-state index contributed by atoms with van der Waals surface area (Å²) in [6.07, 6.45) is 1.10. The second kappa shape index (κ2) is 6.07.